The van der Waals surface area contributed by atoms with Gasteiger partial charge in [0.25, 0.3) is 5.91 Å². The molecule has 5 nitrogen and oxygen atoms in total. The summed E-state index contributed by atoms with van der Waals surface area (Å²) in [4.78, 5) is 18.0. The summed E-state index contributed by atoms with van der Waals surface area (Å²) in [6.45, 7) is 7.65. The SMILES string of the molecule is CCOc1ccc(-c2nc(C)c(C(=O)NC3CCCNC3C)s2)cc1. The minimum Gasteiger partial charge on any atom is -0.494 e. The number of nitrogens with zero attached hydrogens (tertiary/aromatic N) is 1. The van der Waals surface area contributed by atoms with E-state index in [1.165, 1.54) is 11.3 Å². The Hall–Kier alpha value is -1.92. The number of nitrogens with one attached hydrogen (secondary N) is 2. The van der Waals surface area contributed by atoms with Gasteiger partial charge in [-0.05, 0) is 64.4 Å². The van der Waals surface area contributed by atoms with Gasteiger partial charge in [-0.25, -0.2) is 4.98 Å². The Morgan fingerprint density at radius 1 is 1.40 bits per heavy atom. The van der Waals surface area contributed by atoms with E-state index in [2.05, 4.69) is 22.5 Å². The molecule has 3 rings (SSSR count). The second-order valence-electron chi connectivity index (χ2n) is 6.36. The van der Waals surface area contributed by atoms with Gasteiger partial charge < -0.3 is 15.4 Å². The molecule has 0 saturated carbocycles. The van der Waals surface area contributed by atoms with Gasteiger partial charge in [-0.1, -0.05) is 0 Å². The van der Waals surface area contributed by atoms with Crippen molar-refractivity contribution in [3.05, 3.63) is 34.8 Å². The number of carbonyl (C=O) groups is 1. The highest BCUT2D eigenvalue weighted by Crippen LogP contribution is 2.29. The summed E-state index contributed by atoms with van der Waals surface area (Å²) >= 11 is 1.45. The first-order valence-electron chi connectivity index (χ1n) is 8.83. The Labute approximate surface area is 152 Å². The van der Waals surface area contributed by atoms with Crippen molar-refractivity contribution in [1.82, 2.24) is 15.6 Å². The van der Waals surface area contributed by atoms with Gasteiger partial charge in [0.05, 0.1) is 12.3 Å². The molecule has 1 saturated heterocycles. The molecule has 2 heterocycles. The zero-order chi connectivity index (χ0) is 17.8. The minimum atomic E-state index is -0.0206. The van der Waals surface area contributed by atoms with Gasteiger partial charge in [0.2, 0.25) is 0 Å². The van der Waals surface area contributed by atoms with E-state index in [0.29, 0.717) is 17.5 Å². The molecule has 0 radical (unpaired) electrons. The van der Waals surface area contributed by atoms with Gasteiger partial charge in [-0.15, -0.1) is 11.3 Å². The summed E-state index contributed by atoms with van der Waals surface area (Å²) in [6.07, 6.45) is 2.11. The molecule has 2 aromatic rings. The molecule has 2 atom stereocenters. The number of benzene rings is 1. The van der Waals surface area contributed by atoms with E-state index in [0.717, 1.165) is 41.4 Å². The van der Waals surface area contributed by atoms with Crippen molar-refractivity contribution in [2.45, 2.75) is 45.7 Å². The molecule has 1 aromatic carbocycles. The van der Waals surface area contributed by atoms with E-state index >= 15 is 0 Å². The largest absolute Gasteiger partial charge is 0.494 e. The normalized spacial score (nSPS) is 20.3. The molecule has 1 aromatic heterocycles. The quantitative estimate of drug-likeness (QED) is 0.859. The first-order chi connectivity index (χ1) is 12.1. The second kappa shape index (κ2) is 7.97. The van der Waals surface area contributed by atoms with Crippen molar-refractivity contribution in [2.75, 3.05) is 13.2 Å². The topological polar surface area (TPSA) is 63.2 Å². The van der Waals surface area contributed by atoms with Gasteiger partial charge >= 0.3 is 0 Å². The van der Waals surface area contributed by atoms with Crippen molar-refractivity contribution in [2.24, 2.45) is 0 Å². The predicted octanol–water partition coefficient (Wildman–Crippen LogP) is 3.39. The van der Waals surface area contributed by atoms with Crippen LogP contribution in [-0.4, -0.2) is 36.1 Å². The van der Waals surface area contributed by atoms with E-state index < -0.39 is 0 Å². The Morgan fingerprint density at radius 2 is 2.16 bits per heavy atom. The van der Waals surface area contributed by atoms with Crippen LogP contribution in [0.15, 0.2) is 24.3 Å². The fraction of sp³-hybridized carbons (Fsp3) is 0.474. The number of carbonyl (C=O) groups excluding carboxylic acids is 1. The molecule has 0 bridgehead atoms. The number of ether oxygens (including phenoxy) is 1. The highest BCUT2D eigenvalue weighted by Gasteiger charge is 2.25. The summed E-state index contributed by atoms with van der Waals surface area (Å²) in [5, 5.41) is 7.44. The Balaban J connectivity index is 1.74. The summed E-state index contributed by atoms with van der Waals surface area (Å²) in [6, 6.07) is 8.32. The van der Waals surface area contributed by atoms with Crippen molar-refractivity contribution in [3.8, 4) is 16.3 Å². The Bertz CT molecular complexity index is 727. The molecule has 134 valence electrons. The van der Waals surface area contributed by atoms with Crippen molar-refractivity contribution < 1.29 is 9.53 Å². The van der Waals surface area contributed by atoms with Crippen LogP contribution in [0.4, 0.5) is 0 Å². The zero-order valence-corrected chi connectivity index (χ0v) is 15.8. The lowest BCUT2D eigenvalue weighted by atomic mass is 10.00. The molecule has 2 unspecified atom stereocenters. The van der Waals surface area contributed by atoms with E-state index in [4.69, 9.17) is 4.74 Å². The van der Waals surface area contributed by atoms with E-state index in [9.17, 15) is 4.79 Å². The van der Waals surface area contributed by atoms with Crippen LogP contribution in [0, 0.1) is 6.92 Å². The molecule has 0 spiro atoms. The van der Waals surface area contributed by atoms with E-state index in [1.54, 1.807) is 0 Å². The summed E-state index contributed by atoms with van der Waals surface area (Å²) in [5.74, 6) is 0.823. The molecule has 2 N–H and O–H groups in total. The van der Waals surface area contributed by atoms with Crippen LogP contribution in [0.5, 0.6) is 5.75 Å². The highest BCUT2D eigenvalue weighted by atomic mass is 32.1. The third kappa shape index (κ3) is 4.19. The van der Waals surface area contributed by atoms with Crippen LogP contribution in [0.1, 0.15) is 42.1 Å². The summed E-state index contributed by atoms with van der Waals surface area (Å²) in [7, 11) is 0. The van der Waals surface area contributed by atoms with Gasteiger partial charge in [0, 0.05) is 17.6 Å². The standard InChI is InChI=1S/C19H25N3O2S/c1-4-24-15-9-7-14(8-10-15)19-21-13(3)17(25-19)18(23)22-16-6-5-11-20-12(16)2/h7-10,12,16,20H,4-6,11H2,1-3H3,(H,22,23). The third-order valence-electron chi connectivity index (χ3n) is 4.49. The lowest BCUT2D eigenvalue weighted by Gasteiger charge is -2.30. The molecular formula is C19H25N3O2S. The van der Waals surface area contributed by atoms with Crippen molar-refractivity contribution in [3.63, 3.8) is 0 Å². The molecule has 0 aliphatic carbocycles. The molecule has 1 aliphatic rings. The van der Waals surface area contributed by atoms with Gasteiger partial charge in [0.15, 0.2) is 0 Å². The second-order valence-corrected chi connectivity index (χ2v) is 7.35. The fourth-order valence-electron chi connectivity index (χ4n) is 3.07. The Morgan fingerprint density at radius 3 is 2.84 bits per heavy atom. The molecule has 6 heteroatoms. The Kier molecular flexibility index (Phi) is 5.71. The number of piperidine rings is 1. The lowest BCUT2D eigenvalue weighted by Crippen LogP contribution is -2.51. The number of aromatic nitrogens is 1. The van der Waals surface area contributed by atoms with E-state index in [-0.39, 0.29) is 11.9 Å². The van der Waals surface area contributed by atoms with Gasteiger partial charge in [0.1, 0.15) is 15.6 Å². The molecular weight excluding hydrogens is 334 g/mol. The maximum absolute atomic E-state index is 12.7. The molecule has 1 aliphatic heterocycles. The number of aryl methyl sites for hydroxylation is 1. The van der Waals surface area contributed by atoms with Crippen molar-refractivity contribution >= 4 is 17.2 Å². The van der Waals surface area contributed by atoms with Crippen LogP contribution in [0.25, 0.3) is 10.6 Å². The van der Waals surface area contributed by atoms with Gasteiger partial charge in [-0.2, -0.15) is 0 Å². The average Bonchev–Trinajstić information content (AvgIpc) is 3.00. The van der Waals surface area contributed by atoms with Crippen LogP contribution < -0.4 is 15.4 Å². The third-order valence-corrected chi connectivity index (χ3v) is 5.70. The summed E-state index contributed by atoms with van der Waals surface area (Å²) < 4.78 is 5.47. The van der Waals surface area contributed by atoms with Crippen LogP contribution in [-0.2, 0) is 0 Å². The average molecular weight is 359 g/mol. The number of amides is 1. The highest BCUT2D eigenvalue weighted by molar-refractivity contribution is 7.17. The maximum atomic E-state index is 12.7. The number of rotatable bonds is 5. The first kappa shape index (κ1) is 17.9. The summed E-state index contributed by atoms with van der Waals surface area (Å²) in [5.41, 5.74) is 1.78. The fourth-order valence-corrected chi connectivity index (χ4v) is 4.04. The number of hydrogen-bond donors (Lipinski definition) is 2. The number of thiazole rings is 1. The smallest absolute Gasteiger partial charge is 0.263 e. The molecule has 1 amide bonds. The predicted molar refractivity (Wildman–Crippen MR) is 101 cm³/mol. The monoisotopic (exact) mass is 359 g/mol. The van der Waals surface area contributed by atoms with Crippen LogP contribution in [0.3, 0.4) is 0 Å². The van der Waals surface area contributed by atoms with Gasteiger partial charge in [-0.3, -0.25) is 4.79 Å². The molecule has 25 heavy (non-hydrogen) atoms. The van der Waals surface area contributed by atoms with E-state index in [1.807, 2.05) is 38.1 Å². The first-order valence-corrected chi connectivity index (χ1v) is 9.65. The van der Waals surface area contributed by atoms with Crippen molar-refractivity contribution in [1.29, 1.82) is 0 Å². The zero-order valence-electron chi connectivity index (χ0n) is 15.0. The lowest BCUT2D eigenvalue weighted by molar-refractivity contribution is 0.0923. The minimum absolute atomic E-state index is 0.0206. The van der Waals surface area contributed by atoms with Crippen LogP contribution >= 0.6 is 11.3 Å². The van der Waals surface area contributed by atoms with Crippen LogP contribution in [0.2, 0.25) is 0 Å². The number of hydrogen-bond acceptors (Lipinski definition) is 5. The maximum Gasteiger partial charge on any atom is 0.263 e. The molecule has 1 fully saturated rings.